The van der Waals surface area contributed by atoms with E-state index in [1.54, 1.807) is 18.2 Å². The van der Waals surface area contributed by atoms with Crippen LogP contribution < -0.4 is 4.74 Å². The molecule has 2 aromatic carbocycles. The molecule has 3 heteroatoms. The molecule has 2 rings (SSSR count). The zero-order valence-corrected chi connectivity index (χ0v) is 11.7. The van der Waals surface area contributed by atoms with Crippen LogP contribution in [0.15, 0.2) is 36.4 Å². The first kappa shape index (κ1) is 13.8. The molecule has 0 saturated carbocycles. The Labute approximate surface area is 118 Å². The molecule has 0 aliphatic rings. The van der Waals surface area contributed by atoms with Crippen molar-refractivity contribution in [2.75, 3.05) is 0 Å². The van der Waals surface area contributed by atoms with Gasteiger partial charge in [0.1, 0.15) is 5.75 Å². The van der Waals surface area contributed by atoms with Crippen LogP contribution in [0.2, 0.25) is 0 Å². The van der Waals surface area contributed by atoms with E-state index in [9.17, 15) is 4.79 Å². The summed E-state index contributed by atoms with van der Waals surface area (Å²) in [7, 11) is 0. The fourth-order valence-corrected chi connectivity index (χ4v) is 2.13. The Hall–Kier alpha value is -2.60. The number of aryl methyl sites for hydroxylation is 3. The van der Waals surface area contributed by atoms with Crippen LogP contribution in [-0.2, 0) is 0 Å². The van der Waals surface area contributed by atoms with Crippen LogP contribution in [0.5, 0.6) is 5.75 Å². The molecule has 3 nitrogen and oxygen atoms in total. The van der Waals surface area contributed by atoms with Gasteiger partial charge in [-0.3, -0.25) is 0 Å². The number of ether oxygens (including phenoxy) is 1. The van der Waals surface area contributed by atoms with Crippen LogP contribution in [0.25, 0.3) is 0 Å². The minimum absolute atomic E-state index is 0.376. The van der Waals surface area contributed by atoms with Crippen LogP contribution in [0.1, 0.15) is 32.6 Å². The molecule has 0 radical (unpaired) electrons. The molecule has 0 aliphatic heterocycles. The van der Waals surface area contributed by atoms with Crippen molar-refractivity contribution < 1.29 is 9.53 Å². The highest BCUT2D eigenvalue weighted by Crippen LogP contribution is 2.25. The van der Waals surface area contributed by atoms with Crippen LogP contribution >= 0.6 is 0 Å². The zero-order chi connectivity index (χ0) is 14.7. The highest BCUT2D eigenvalue weighted by molar-refractivity contribution is 5.92. The number of esters is 1. The fourth-order valence-electron chi connectivity index (χ4n) is 2.13. The van der Waals surface area contributed by atoms with Crippen LogP contribution in [0.4, 0.5) is 0 Å². The van der Waals surface area contributed by atoms with Gasteiger partial charge >= 0.3 is 5.97 Å². The average Bonchev–Trinajstić information content (AvgIpc) is 2.42. The molecule has 0 atom stereocenters. The van der Waals surface area contributed by atoms with Gasteiger partial charge in [-0.2, -0.15) is 5.26 Å². The second kappa shape index (κ2) is 5.58. The van der Waals surface area contributed by atoms with Gasteiger partial charge in [-0.1, -0.05) is 18.2 Å². The quantitative estimate of drug-likeness (QED) is 0.614. The summed E-state index contributed by atoms with van der Waals surface area (Å²) < 4.78 is 5.49. The van der Waals surface area contributed by atoms with E-state index >= 15 is 0 Å². The van der Waals surface area contributed by atoms with E-state index in [0.717, 1.165) is 16.7 Å². The second-order valence-corrected chi connectivity index (χ2v) is 4.76. The molecule has 0 saturated heterocycles. The monoisotopic (exact) mass is 265 g/mol. The van der Waals surface area contributed by atoms with Crippen molar-refractivity contribution in [1.29, 1.82) is 5.26 Å². The Morgan fingerprint density at radius 1 is 1.05 bits per heavy atom. The summed E-state index contributed by atoms with van der Waals surface area (Å²) in [6, 6.07) is 12.8. The van der Waals surface area contributed by atoms with E-state index in [1.165, 1.54) is 0 Å². The van der Waals surface area contributed by atoms with Gasteiger partial charge < -0.3 is 4.74 Å². The zero-order valence-electron chi connectivity index (χ0n) is 11.7. The first-order valence-corrected chi connectivity index (χ1v) is 6.32. The van der Waals surface area contributed by atoms with Gasteiger partial charge in [0.15, 0.2) is 0 Å². The lowest BCUT2D eigenvalue weighted by atomic mass is 10.1. The van der Waals surface area contributed by atoms with Gasteiger partial charge in [0.25, 0.3) is 0 Å². The SMILES string of the molecule is Cc1ccccc1C(=O)Oc1c(C)cc(C#N)cc1C. The highest BCUT2D eigenvalue weighted by atomic mass is 16.5. The number of hydrogen-bond donors (Lipinski definition) is 0. The molecule has 0 aliphatic carbocycles. The number of benzene rings is 2. The van der Waals surface area contributed by atoms with Crippen molar-refractivity contribution in [1.82, 2.24) is 0 Å². The van der Waals surface area contributed by atoms with E-state index in [4.69, 9.17) is 10.00 Å². The van der Waals surface area contributed by atoms with Crippen molar-refractivity contribution >= 4 is 5.97 Å². The predicted octanol–water partition coefficient (Wildman–Crippen LogP) is 3.70. The third kappa shape index (κ3) is 2.70. The Balaban J connectivity index is 2.34. The standard InChI is InChI=1S/C17H15NO2/c1-11-6-4-5-7-15(11)17(19)20-16-12(2)8-14(10-18)9-13(16)3/h4-9H,1-3H3. The van der Waals surface area contributed by atoms with Crippen LogP contribution in [0, 0.1) is 32.1 Å². The number of carbonyl (C=O) groups excluding carboxylic acids is 1. The van der Waals surface area contributed by atoms with Crippen LogP contribution in [-0.4, -0.2) is 5.97 Å². The van der Waals surface area contributed by atoms with E-state index in [2.05, 4.69) is 6.07 Å². The van der Waals surface area contributed by atoms with Crippen molar-refractivity contribution in [2.24, 2.45) is 0 Å². The number of nitrogens with zero attached hydrogens (tertiary/aromatic N) is 1. The van der Waals surface area contributed by atoms with E-state index < -0.39 is 0 Å². The molecule has 0 fully saturated rings. The summed E-state index contributed by atoms with van der Waals surface area (Å²) >= 11 is 0. The molecular formula is C17H15NO2. The molecule has 0 spiro atoms. The topological polar surface area (TPSA) is 50.1 Å². The first-order valence-electron chi connectivity index (χ1n) is 6.32. The molecule has 0 heterocycles. The summed E-state index contributed by atoms with van der Waals surface area (Å²) in [6.45, 7) is 5.53. The van der Waals surface area contributed by atoms with Gasteiger partial charge in [0, 0.05) is 0 Å². The molecule has 20 heavy (non-hydrogen) atoms. The molecule has 0 N–H and O–H groups in total. The Morgan fingerprint density at radius 2 is 1.65 bits per heavy atom. The second-order valence-electron chi connectivity index (χ2n) is 4.76. The maximum atomic E-state index is 12.2. The third-order valence-electron chi connectivity index (χ3n) is 3.15. The first-order chi connectivity index (χ1) is 9.52. The number of nitriles is 1. The number of hydrogen-bond acceptors (Lipinski definition) is 3. The van der Waals surface area contributed by atoms with Gasteiger partial charge in [-0.05, 0) is 55.7 Å². The Kier molecular flexibility index (Phi) is 3.86. The lowest BCUT2D eigenvalue weighted by molar-refractivity contribution is 0.0731. The lowest BCUT2D eigenvalue weighted by Gasteiger charge is -2.12. The van der Waals surface area contributed by atoms with Gasteiger partial charge in [-0.15, -0.1) is 0 Å². The fraction of sp³-hybridized carbons (Fsp3) is 0.176. The largest absolute Gasteiger partial charge is 0.422 e. The van der Waals surface area contributed by atoms with Crippen molar-refractivity contribution in [3.05, 3.63) is 64.2 Å². The molecule has 100 valence electrons. The molecule has 0 amide bonds. The minimum Gasteiger partial charge on any atom is -0.422 e. The number of carbonyl (C=O) groups is 1. The molecule has 0 unspecified atom stereocenters. The van der Waals surface area contributed by atoms with E-state index in [0.29, 0.717) is 16.9 Å². The van der Waals surface area contributed by atoms with E-state index in [1.807, 2.05) is 39.0 Å². The van der Waals surface area contributed by atoms with Crippen molar-refractivity contribution in [3.8, 4) is 11.8 Å². The smallest absolute Gasteiger partial charge is 0.343 e. The van der Waals surface area contributed by atoms with Crippen molar-refractivity contribution in [3.63, 3.8) is 0 Å². The minimum atomic E-state index is -0.376. The van der Waals surface area contributed by atoms with Crippen LogP contribution in [0.3, 0.4) is 0 Å². The van der Waals surface area contributed by atoms with Gasteiger partial charge in [0.2, 0.25) is 0 Å². The molecular weight excluding hydrogens is 250 g/mol. The number of rotatable bonds is 2. The normalized spacial score (nSPS) is 9.90. The molecule has 2 aromatic rings. The maximum absolute atomic E-state index is 12.2. The predicted molar refractivity (Wildman–Crippen MR) is 76.8 cm³/mol. The molecule has 0 aromatic heterocycles. The van der Waals surface area contributed by atoms with E-state index in [-0.39, 0.29) is 5.97 Å². The Morgan fingerprint density at radius 3 is 2.20 bits per heavy atom. The summed E-state index contributed by atoms with van der Waals surface area (Å²) in [5.41, 5.74) is 3.56. The summed E-state index contributed by atoms with van der Waals surface area (Å²) in [6.07, 6.45) is 0. The summed E-state index contributed by atoms with van der Waals surface area (Å²) in [4.78, 5) is 12.2. The summed E-state index contributed by atoms with van der Waals surface area (Å²) in [5, 5.41) is 8.92. The van der Waals surface area contributed by atoms with Gasteiger partial charge in [0.05, 0.1) is 17.2 Å². The summed E-state index contributed by atoms with van der Waals surface area (Å²) in [5.74, 6) is 0.149. The van der Waals surface area contributed by atoms with Crippen molar-refractivity contribution in [2.45, 2.75) is 20.8 Å². The lowest BCUT2D eigenvalue weighted by Crippen LogP contribution is -2.11. The highest BCUT2D eigenvalue weighted by Gasteiger charge is 2.14. The third-order valence-corrected chi connectivity index (χ3v) is 3.15. The van der Waals surface area contributed by atoms with Gasteiger partial charge in [-0.25, -0.2) is 4.79 Å². The maximum Gasteiger partial charge on any atom is 0.343 e. The Bertz CT molecular complexity index is 688. The molecule has 0 bridgehead atoms. The average molecular weight is 265 g/mol.